The molecule has 1 heteroatoms. The molecule has 0 saturated heterocycles. The van der Waals surface area contributed by atoms with Crippen molar-refractivity contribution in [3.63, 3.8) is 0 Å². The molecule has 2 saturated carbocycles. The fourth-order valence-electron chi connectivity index (χ4n) is 2.88. The van der Waals surface area contributed by atoms with Crippen LogP contribution in [0.3, 0.4) is 0 Å². The summed E-state index contributed by atoms with van der Waals surface area (Å²) in [5, 5.41) is 9.07. The molecule has 1 N–H and O–H groups in total. The molecule has 2 bridgehead atoms. The van der Waals surface area contributed by atoms with Crippen molar-refractivity contribution in [1.82, 2.24) is 0 Å². The smallest absolute Gasteiger partial charge is 0.0465 e. The van der Waals surface area contributed by atoms with E-state index in [2.05, 4.69) is 13.0 Å². The van der Waals surface area contributed by atoms with Crippen molar-refractivity contribution < 1.29 is 5.11 Å². The van der Waals surface area contributed by atoms with Gasteiger partial charge in [-0.2, -0.15) is 0 Å². The third kappa shape index (κ3) is 1.02. The maximum Gasteiger partial charge on any atom is 0.0465 e. The van der Waals surface area contributed by atoms with Crippen LogP contribution in [0.4, 0.5) is 0 Å². The summed E-state index contributed by atoms with van der Waals surface area (Å²) in [4.78, 5) is 0. The molecular formula is C10H16O. The van der Waals surface area contributed by atoms with Gasteiger partial charge in [0.15, 0.2) is 0 Å². The quantitative estimate of drug-likeness (QED) is 0.569. The van der Waals surface area contributed by atoms with Crippen LogP contribution in [-0.4, -0.2) is 11.7 Å². The van der Waals surface area contributed by atoms with E-state index in [0.29, 0.717) is 12.5 Å². The highest BCUT2D eigenvalue weighted by Crippen LogP contribution is 2.51. The van der Waals surface area contributed by atoms with Gasteiger partial charge in [0.25, 0.3) is 0 Å². The molecule has 0 amide bonds. The van der Waals surface area contributed by atoms with Gasteiger partial charge < -0.3 is 5.11 Å². The first kappa shape index (κ1) is 7.35. The molecule has 0 heterocycles. The molecule has 0 spiro atoms. The molecule has 1 nitrogen and oxygen atoms in total. The van der Waals surface area contributed by atoms with Gasteiger partial charge >= 0.3 is 0 Å². The lowest BCUT2D eigenvalue weighted by atomic mass is 9.85. The monoisotopic (exact) mass is 152 g/mol. The number of allylic oxidation sites excluding steroid dienone is 2. The Morgan fingerprint density at radius 2 is 2.36 bits per heavy atom. The fraction of sp³-hybridized carbons (Fsp3) is 0.800. The zero-order valence-corrected chi connectivity index (χ0v) is 7.09. The van der Waals surface area contributed by atoms with Gasteiger partial charge in [-0.05, 0) is 43.9 Å². The molecular weight excluding hydrogens is 136 g/mol. The average molecular weight is 152 g/mol. The van der Waals surface area contributed by atoms with Crippen molar-refractivity contribution >= 4 is 0 Å². The zero-order valence-electron chi connectivity index (χ0n) is 7.09. The minimum atomic E-state index is 0.401. The molecule has 0 aromatic carbocycles. The normalized spacial score (nSPS) is 45.6. The maximum atomic E-state index is 9.07. The number of fused-ring (bicyclic) bond motifs is 2. The second-order valence-corrected chi connectivity index (χ2v) is 3.95. The lowest BCUT2D eigenvalue weighted by Gasteiger charge is -2.21. The van der Waals surface area contributed by atoms with Crippen molar-refractivity contribution in [2.24, 2.45) is 17.8 Å². The summed E-state index contributed by atoms with van der Waals surface area (Å²) in [6.45, 7) is 2.53. The molecule has 0 aromatic rings. The Labute approximate surface area is 68.1 Å². The predicted molar refractivity (Wildman–Crippen MR) is 45.2 cm³/mol. The summed E-state index contributed by atoms with van der Waals surface area (Å²) in [6, 6.07) is 0. The Kier molecular flexibility index (Phi) is 1.76. The summed E-state index contributed by atoms with van der Waals surface area (Å²) in [6.07, 6.45) is 6.20. The summed E-state index contributed by atoms with van der Waals surface area (Å²) in [5.41, 5.74) is 1.61. The van der Waals surface area contributed by atoms with Gasteiger partial charge in [-0.3, -0.25) is 0 Å². The van der Waals surface area contributed by atoms with E-state index in [1.54, 1.807) is 5.57 Å². The maximum absolute atomic E-state index is 9.07. The van der Waals surface area contributed by atoms with Gasteiger partial charge in [0.1, 0.15) is 0 Å². The average Bonchev–Trinajstić information content (AvgIpc) is 2.60. The Bertz CT molecular complexity index is 183. The van der Waals surface area contributed by atoms with Gasteiger partial charge in [-0.1, -0.05) is 11.6 Å². The highest BCUT2D eigenvalue weighted by Gasteiger charge is 2.41. The minimum absolute atomic E-state index is 0.401. The van der Waals surface area contributed by atoms with Crippen LogP contribution in [0.25, 0.3) is 0 Å². The first-order valence-electron chi connectivity index (χ1n) is 4.61. The molecule has 2 rings (SSSR count). The summed E-state index contributed by atoms with van der Waals surface area (Å²) in [7, 11) is 0. The molecule has 3 atom stereocenters. The summed E-state index contributed by atoms with van der Waals surface area (Å²) >= 11 is 0. The Balaban J connectivity index is 2.14. The number of hydrogen-bond donors (Lipinski definition) is 1. The van der Waals surface area contributed by atoms with E-state index in [9.17, 15) is 0 Å². The molecule has 62 valence electrons. The van der Waals surface area contributed by atoms with Crippen molar-refractivity contribution in [2.45, 2.75) is 26.2 Å². The first-order chi connectivity index (χ1) is 5.35. The van der Waals surface area contributed by atoms with E-state index in [0.717, 1.165) is 11.8 Å². The van der Waals surface area contributed by atoms with Gasteiger partial charge in [0, 0.05) is 6.61 Å². The number of rotatable bonds is 1. The second kappa shape index (κ2) is 2.63. The van der Waals surface area contributed by atoms with Crippen LogP contribution < -0.4 is 0 Å². The summed E-state index contributed by atoms with van der Waals surface area (Å²) < 4.78 is 0. The Morgan fingerprint density at radius 1 is 1.55 bits per heavy atom. The van der Waals surface area contributed by atoms with Crippen molar-refractivity contribution in [3.8, 4) is 0 Å². The van der Waals surface area contributed by atoms with Crippen molar-refractivity contribution in [3.05, 3.63) is 11.6 Å². The molecule has 1 unspecified atom stereocenters. The molecule has 11 heavy (non-hydrogen) atoms. The number of hydrogen-bond acceptors (Lipinski definition) is 1. The molecule has 0 radical (unpaired) electrons. The van der Waals surface area contributed by atoms with Crippen molar-refractivity contribution in [1.29, 1.82) is 0 Å². The largest absolute Gasteiger partial charge is 0.396 e. The third-order valence-corrected chi connectivity index (χ3v) is 3.40. The Hall–Kier alpha value is -0.300. The highest BCUT2D eigenvalue weighted by molar-refractivity contribution is 5.17. The molecule has 2 fully saturated rings. The fourth-order valence-corrected chi connectivity index (χ4v) is 2.88. The van der Waals surface area contributed by atoms with Crippen LogP contribution in [0.5, 0.6) is 0 Å². The molecule has 0 aromatic heterocycles. The van der Waals surface area contributed by atoms with Gasteiger partial charge in [-0.25, -0.2) is 0 Å². The number of aliphatic hydroxyl groups is 1. The Morgan fingerprint density at radius 3 is 2.91 bits per heavy atom. The summed E-state index contributed by atoms with van der Waals surface area (Å²) in [5.74, 6) is 2.25. The van der Waals surface area contributed by atoms with Crippen molar-refractivity contribution in [2.75, 3.05) is 6.61 Å². The van der Waals surface area contributed by atoms with E-state index in [1.807, 2.05) is 0 Å². The lowest BCUT2D eigenvalue weighted by Crippen LogP contribution is -2.16. The third-order valence-electron chi connectivity index (χ3n) is 3.40. The van der Waals surface area contributed by atoms with E-state index in [1.165, 1.54) is 19.3 Å². The standard InChI is InChI=1S/C10H16O/c1-2-8-3-7-4-9(6-11)10(8)5-7/h2,7,9-11H,3-6H2,1H3/t7-,9?,10+/m0/s1. The van der Waals surface area contributed by atoms with Gasteiger partial charge in [-0.15, -0.1) is 0 Å². The molecule has 2 aliphatic rings. The van der Waals surface area contributed by atoms with Crippen LogP contribution >= 0.6 is 0 Å². The van der Waals surface area contributed by atoms with Gasteiger partial charge in [0.05, 0.1) is 0 Å². The first-order valence-corrected chi connectivity index (χ1v) is 4.61. The SMILES string of the molecule is CC=C1C[C@H]2CC(CO)[C@@H]1C2. The zero-order chi connectivity index (χ0) is 7.84. The van der Waals surface area contributed by atoms with E-state index in [-0.39, 0.29) is 0 Å². The van der Waals surface area contributed by atoms with E-state index in [4.69, 9.17) is 5.11 Å². The highest BCUT2D eigenvalue weighted by atomic mass is 16.3. The van der Waals surface area contributed by atoms with E-state index >= 15 is 0 Å². The lowest BCUT2D eigenvalue weighted by molar-refractivity contribution is 0.196. The molecule has 0 aliphatic heterocycles. The van der Waals surface area contributed by atoms with E-state index < -0.39 is 0 Å². The van der Waals surface area contributed by atoms with Crippen LogP contribution in [0.2, 0.25) is 0 Å². The topological polar surface area (TPSA) is 20.2 Å². The predicted octanol–water partition coefficient (Wildman–Crippen LogP) is 1.97. The minimum Gasteiger partial charge on any atom is -0.396 e. The van der Waals surface area contributed by atoms with Crippen LogP contribution in [0.1, 0.15) is 26.2 Å². The van der Waals surface area contributed by atoms with Crippen LogP contribution in [0, 0.1) is 17.8 Å². The second-order valence-electron chi connectivity index (χ2n) is 3.95. The molecule has 2 aliphatic carbocycles. The van der Waals surface area contributed by atoms with Gasteiger partial charge in [0.2, 0.25) is 0 Å². The van der Waals surface area contributed by atoms with Crippen LogP contribution in [-0.2, 0) is 0 Å². The number of aliphatic hydroxyl groups excluding tert-OH is 1. The van der Waals surface area contributed by atoms with Crippen LogP contribution in [0.15, 0.2) is 11.6 Å².